The second-order valence-corrected chi connectivity index (χ2v) is 6.58. The average molecular weight is 275 g/mol. The van der Waals surface area contributed by atoms with Gasteiger partial charge in [-0.3, -0.25) is 10.1 Å². The Labute approximate surface area is 116 Å². The van der Waals surface area contributed by atoms with Crippen LogP contribution in [-0.2, 0) is 4.79 Å². The monoisotopic (exact) mass is 275 g/mol. The minimum Gasteiger partial charge on any atom is -0.480 e. The first-order valence-electron chi connectivity index (χ1n) is 7.01. The Morgan fingerprint density at radius 1 is 1.28 bits per heavy atom. The third kappa shape index (κ3) is 7.98. The van der Waals surface area contributed by atoms with Gasteiger partial charge in [-0.2, -0.15) is 11.8 Å². The molecule has 0 spiro atoms. The zero-order valence-electron chi connectivity index (χ0n) is 12.3. The molecule has 0 radical (unpaired) electrons. The Morgan fingerprint density at radius 2 is 1.89 bits per heavy atom. The molecule has 0 fully saturated rings. The van der Waals surface area contributed by atoms with Gasteiger partial charge < -0.3 is 5.11 Å². The van der Waals surface area contributed by atoms with Crippen LogP contribution in [0.2, 0.25) is 0 Å². The quantitative estimate of drug-likeness (QED) is 0.566. The molecule has 0 aliphatic heterocycles. The van der Waals surface area contributed by atoms with Crippen molar-refractivity contribution in [2.45, 2.75) is 71.4 Å². The Hall–Kier alpha value is -0.220. The van der Waals surface area contributed by atoms with E-state index in [0.29, 0.717) is 6.42 Å². The highest BCUT2D eigenvalue weighted by molar-refractivity contribution is 7.99. The third-order valence-corrected chi connectivity index (χ3v) is 4.09. The third-order valence-electron chi connectivity index (χ3n) is 2.94. The smallest absolute Gasteiger partial charge is 0.323 e. The van der Waals surface area contributed by atoms with Crippen LogP contribution in [0.1, 0.15) is 59.8 Å². The Morgan fingerprint density at radius 3 is 2.39 bits per heavy atom. The number of aliphatic carboxylic acids is 1. The van der Waals surface area contributed by atoms with Gasteiger partial charge in [0.15, 0.2) is 0 Å². The van der Waals surface area contributed by atoms with E-state index in [1.54, 1.807) is 6.92 Å². The van der Waals surface area contributed by atoms with Gasteiger partial charge in [-0.05, 0) is 51.5 Å². The molecule has 0 rings (SSSR count). The number of unbranched alkanes of at least 4 members (excludes halogenated alkanes) is 2. The van der Waals surface area contributed by atoms with Crippen molar-refractivity contribution in [2.75, 3.05) is 11.5 Å². The summed E-state index contributed by atoms with van der Waals surface area (Å²) in [7, 11) is 0. The van der Waals surface area contributed by atoms with Crippen LogP contribution in [0.5, 0.6) is 0 Å². The van der Waals surface area contributed by atoms with Gasteiger partial charge in [-0.1, -0.05) is 19.8 Å². The molecule has 1 unspecified atom stereocenters. The van der Waals surface area contributed by atoms with Gasteiger partial charge >= 0.3 is 5.97 Å². The number of nitrogens with one attached hydrogen (secondary N) is 1. The van der Waals surface area contributed by atoms with E-state index in [1.165, 1.54) is 25.0 Å². The molecule has 0 aromatic rings. The largest absolute Gasteiger partial charge is 0.480 e. The molecule has 0 amide bonds. The first kappa shape index (κ1) is 17.8. The maximum atomic E-state index is 11.3. The summed E-state index contributed by atoms with van der Waals surface area (Å²) in [5.74, 6) is 1.52. The Balaban J connectivity index is 3.81. The van der Waals surface area contributed by atoms with E-state index in [0.717, 1.165) is 12.2 Å². The highest BCUT2D eigenvalue weighted by atomic mass is 32.2. The Bertz CT molecular complexity index is 234. The van der Waals surface area contributed by atoms with Gasteiger partial charge in [0.05, 0.1) is 0 Å². The van der Waals surface area contributed by atoms with Gasteiger partial charge in [-0.15, -0.1) is 0 Å². The number of hydrogen-bond acceptors (Lipinski definition) is 3. The maximum absolute atomic E-state index is 11.3. The molecule has 0 saturated heterocycles. The van der Waals surface area contributed by atoms with Crippen LogP contribution in [0.15, 0.2) is 0 Å². The lowest BCUT2D eigenvalue weighted by Gasteiger charge is -2.28. The summed E-state index contributed by atoms with van der Waals surface area (Å²) in [6.07, 6.45) is 5.49. The van der Waals surface area contributed by atoms with Gasteiger partial charge in [0.2, 0.25) is 0 Å². The van der Waals surface area contributed by atoms with Crippen molar-refractivity contribution in [1.82, 2.24) is 5.32 Å². The first-order valence-corrected chi connectivity index (χ1v) is 8.16. The summed E-state index contributed by atoms with van der Waals surface area (Å²) >= 11 is 1.94. The highest BCUT2D eigenvalue weighted by Crippen LogP contribution is 2.17. The maximum Gasteiger partial charge on any atom is 0.323 e. The number of rotatable bonds is 11. The van der Waals surface area contributed by atoms with Crippen molar-refractivity contribution in [3.63, 3.8) is 0 Å². The van der Waals surface area contributed by atoms with Gasteiger partial charge in [0.25, 0.3) is 0 Å². The van der Waals surface area contributed by atoms with Crippen LogP contribution in [0.3, 0.4) is 0 Å². The fourth-order valence-electron chi connectivity index (χ4n) is 1.96. The summed E-state index contributed by atoms with van der Waals surface area (Å²) in [5, 5.41) is 12.4. The molecule has 3 nitrogen and oxygen atoms in total. The van der Waals surface area contributed by atoms with Crippen molar-refractivity contribution in [3.8, 4) is 0 Å². The van der Waals surface area contributed by atoms with E-state index in [2.05, 4.69) is 12.2 Å². The minimum atomic E-state index is -0.780. The molecule has 2 N–H and O–H groups in total. The minimum absolute atomic E-state index is 0.198. The molecule has 108 valence electrons. The lowest BCUT2D eigenvalue weighted by atomic mass is 9.95. The second kappa shape index (κ2) is 9.68. The summed E-state index contributed by atoms with van der Waals surface area (Å²) in [6.45, 7) is 7.97. The summed E-state index contributed by atoms with van der Waals surface area (Å²) in [5.41, 5.74) is -0.780. The molecule has 0 saturated carbocycles. The lowest BCUT2D eigenvalue weighted by molar-refractivity contribution is -0.144. The average Bonchev–Trinajstić information content (AvgIpc) is 2.26. The zero-order chi connectivity index (χ0) is 14.0. The Kier molecular flexibility index (Phi) is 9.56. The molecule has 0 aromatic carbocycles. The van der Waals surface area contributed by atoms with E-state index >= 15 is 0 Å². The van der Waals surface area contributed by atoms with Crippen molar-refractivity contribution >= 4 is 17.7 Å². The molecular formula is C14H29NO2S. The van der Waals surface area contributed by atoms with Crippen LogP contribution < -0.4 is 5.32 Å². The first-order chi connectivity index (χ1) is 8.42. The van der Waals surface area contributed by atoms with Crippen molar-refractivity contribution in [2.24, 2.45) is 0 Å². The molecule has 18 heavy (non-hydrogen) atoms. The summed E-state index contributed by atoms with van der Waals surface area (Å²) in [4.78, 5) is 11.3. The standard InChI is InChI=1S/C14H29NO2S/c1-5-6-7-10-18-11-8-9-14(4,13(16)17)15-12(2)3/h12,15H,5-11H2,1-4H3,(H,16,17). The molecule has 4 heteroatoms. The normalized spacial score (nSPS) is 14.7. The predicted octanol–water partition coefficient (Wildman–Crippen LogP) is 3.53. The number of hydrogen-bond donors (Lipinski definition) is 2. The van der Waals surface area contributed by atoms with Gasteiger partial charge in [-0.25, -0.2) is 0 Å². The molecule has 0 bridgehead atoms. The summed E-state index contributed by atoms with van der Waals surface area (Å²) in [6, 6.07) is 0.198. The molecular weight excluding hydrogens is 246 g/mol. The molecule has 1 atom stereocenters. The topological polar surface area (TPSA) is 49.3 Å². The summed E-state index contributed by atoms with van der Waals surface area (Å²) < 4.78 is 0. The van der Waals surface area contributed by atoms with Crippen molar-refractivity contribution < 1.29 is 9.90 Å². The molecule has 0 aliphatic rings. The van der Waals surface area contributed by atoms with Crippen LogP contribution >= 0.6 is 11.8 Å². The fourth-order valence-corrected chi connectivity index (χ4v) is 2.92. The van der Waals surface area contributed by atoms with Crippen molar-refractivity contribution in [1.29, 1.82) is 0 Å². The number of carboxylic acid groups (broad SMARTS) is 1. The van der Waals surface area contributed by atoms with Gasteiger partial charge in [0, 0.05) is 6.04 Å². The van der Waals surface area contributed by atoms with E-state index in [9.17, 15) is 9.90 Å². The van der Waals surface area contributed by atoms with E-state index in [4.69, 9.17) is 0 Å². The predicted molar refractivity (Wildman–Crippen MR) is 80.4 cm³/mol. The lowest BCUT2D eigenvalue weighted by Crippen LogP contribution is -2.52. The molecule has 0 aromatic heterocycles. The number of carboxylic acids is 1. The highest BCUT2D eigenvalue weighted by Gasteiger charge is 2.32. The van der Waals surface area contributed by atoms with Crippen LogP contribution in [0.25, 0.3) is 0 Å². The fraction of sp³-hybridized carbons (Fsp3) is 0.929. The molecule has 0 heterocycles. The van der Waals surface area contributed by atoms with E-state index in [-0.39, 0.29) is 6.04 Å². The van der Waals surface area contributed by atoms with Crippen LogP contribution in [0.4, 0.5) is 0 Å². The SMILES string of the molecule is CCCCCSCCCC(C)(NC(C)C)C(=O)O. The van der Waals surface area contributed by atoms with Gasteiger partial charge in [0.1, 0.15) is 5.54 Å². The van der Waals surface area contributed by atoms with E-state index in [1.807, 2.05) is 25.6 Å². The number of thioether (sulfide) groups is 1. The second-order valence-electron chi connectivity index (χ2n) is 5.36. The van der Waals surface area contributed by atoms with Crippen LogP contribution in [0, 0.1) is 0 Å². The van der Waals surface area contributed by atoms with Crippen LogP contribution in [-0.4, -0.2) is 34.2 Å². The number of carbonyl (C=O) groups is 1. The molecule has 0 aliphatic carbocycles. The van der Waals surface area contributed by atoms with Crippen molar-refractivity contribution in [3.05, 3.63) is 0 Å². The van der Waals surface area contributed by atoms with E-state index < -0.39 is 11.5 Å². The zero-order valence-corrected chi connectivity index (χ0v) is 13.1.